The molecule has 0 spiro atoms. The quantitative estimate of drug-likeness (QED) is 0.638. The lowest BCUT2D eigenvalue weighted by molar-refractivity contribution is 0.278. The number of hydrogen-bond acceptors (Lipinski definition) is 5. The topological polar surface area (TPSA) is 74.6 Å². The Balaban J connectivity index is 2.50. The van der Waals surface area contributed by atoms with Crippen LogP contribution in [0.4, 0.5) is 0 Å². The number of nitrogens with zero attached hydrogens (tertiary/aromatic N) is 1. The Hall–Kier alpha value is -0.890. The summed E-state index contributed by atoms with van der Waals surface area (Å²) in [6.07, 6.45) is 1.02. The SMILES string of the molecule is CCCNCc1ccc(S(=O)(=O)NCCN(C)C(C)C)o1. The number of rotatable bonds is 10. The normalized spacial score (nSPS) is 12.5. The van der Waals surface area contributed by atoms with Gasteiger partial charge in [0.2, 0.25) is 5.09 Å². The van der Waals surface area contributed by atoms with Crippen LogP contribution in [0, 0.1) is 0 Å². The highest BCUT2D eigenvalue weighted by Gasteiger charge is 2.18. The molecule has 0 radical (unpaired) electrons. The third kappa shape index (κ3) is 6.17. The van der Waals surface area contributed by atoms with Crippen LogP contribution in [0.1, 0.15) is 33.0 Å². The van der Waals surface area contributed by atoms with Crippen LogP contribution in [-0.4, -0.2) is 46.0 Å². The molecule has 1 heterocycles. The van der Waals surface area contributed by atoms with E-state index in [1.165, 1.54) is 6.07 Å². The second-order valence-corrected chi connectivity index (χ2v) is 7.07. The van der Waals surface area contributed by atoms with Crippen LogP contribution < -0.4 is 10.0 Å². The summed E-state index contributed by atoms with van der Waals surface area (Å²) in [4.78, 5) is 2.07. The molecule has 122 valence electrons. The fourth-order valence-electron chi connectivity index (χ4n) is 1.67. The van der Waals surface area contributed by atoms with Gasteiger partial charge in [0.15, 0.2) is 0 Å². The molecule has 1 rings (SSSR count). The van der Waals surface area contributed by atoms with Gasteiger partial charge in [0.05, 0.1) is 6.54 Å². The Morgan fingerprint density at radius 1 is 1.29 bits per heavy atom. The van der Waals surface area contributed by atoms with Crippen molar-refractivity contribution in [1.29, 1.82) is 0 Å². The van der Waals surface area contributed by atoms with Gasteiger partial charge in [-0.15, -0.1) is 0 Å². The average molecular weight is 317 g/mol. The molecule has 0 unspecified atom stereocenters. The molecule has 7 heteroatoms. The molecule has 0 fully saturated rings. The highest BCUT2D eigenvalue weighted by molar-refractivity contribution is 7.89. The van der Waals surface area contributed by atoms with Crippen LogP contribution in [0.25, 0.3) is 0 Å². The van der Waals surface area contributed by atoms with Crippen molar-refractivity contribution >= 4 is 10.0 Å². The zero-order valence-corrected chi connectivity index (χ0v) is 14.2. The molecule has 2 N–H and O–H groups in total. The minimum absolute atomic E-state index is 0.0250. The van der Waals surface area contributed by atoms with Crippen molar-refractivity contribution in [3.05, 3.63) is 17.9 Å². The fourth-order valence-corrected chi connectivity index (χ4v) is 2.64. The van der Waals surface area contributed by atoms with Gasteiger partial charge in [0, 0.05) is 19.1 Å². The van der Waals surface area contributed by atoms with Crippen molar-refractivity contribution in [2.45, 2.75) is 44.9 Å². The Bertz CT molecular complexity index is 511. The average Bonchev–Trinajstić information content (AvgIpc) is 2.88. The van der Waals surface area contributed by atoms with E-state index in [0.717, 1.165) is 13.0 Å². The van der Waals surface area contributed by atoms with Gasteiger partial charge in [-0.05, 0) is 46.0 Å². The second-order valence-electron chi connectivity index (χ2n) is 5.37. The molecule has 0 amide bonds. The molecular weight excluding hydrogens is 290 g/mol. The van der Waals surface area contributed by atoms with E-state index in [2.05, 4.69) is 35.7 Å². The van der Waals surface area contributed by atoms with E-state index in [1.807, 2.05) is 7.05 Å². The Morgan fingerprint density at radius 2 is 2.00 bits per heavy atom. The van der Waals surface area contributed by atoms with Gasteiger partial charge in [-0.3, -0.25) is 0 Å². The molecule has 0 saturated carbocycles. The molecule has 1 aromatic rings. The van der Waals surface area contributed by atoms with Gasteiger partial charge in [-0.2, -0.15) is 0 Å². The van der Waals surface area contributed by atoms with Crippen molar-refractivity contribution in [2.75, 3.05) is 26.7 Å². The minimum atomic E-state index is -3.56. The largest absolute Gasteiger partial charge is 0.447 e. The Kier molecular flexibility index (Phi) is 7.37. The van der Waals surface area contributed by atoms with Gasteiger partial charge in [-0.25, -0.2) is 13.1 Å². The molecule has 6 nitrogen and oxygen atoms in total. The zero-order valence-electron chi connectivity index (χ0n) is 13.3. The predicted octanol–water partition coefficient (Wildman–Crippen LogP) is 1.40. The number of nitrogens with one attached hydrogen (secondary N) is 2. The number of furan rings is 1. The number of likely N-dealkylation sites (N-methyl/N-ethyl adjacent to an activating group) is 1. The lowest BCUT2D eigenvalue weighted by atomic mass is 10.3. The van der Waals surface area contributed by atoms with Crippen molar-refractivity contribution in [3.63, 3.8) is 0 Å². The van der Waals surface area contributed by atoms with E-state index >= 15 is 0 Å². The maximum atomic E-state index is 12.1. The standard InChI is InChI=1S/C14H27N3O3S/c1-5-8-15-11-13-6-7-14(20-13)21(18,19)16-9-10-17(4)12(2)3/h6-7,12,15-16H,5,8-11H2,1-4H3. The summed E-state index contributed by atoms with van der Waals surface area (Å²) in [6.45, 7) is 8.64. The van der Waals surface area contributed by atoms with Gasteiger partial charge >= 0.3 is 0 Å². The van der Waals surface area contributed by atoms with Crippen LogP contribution in [0.2, 0.25) is 0 Å². The van der Waals surface area contributed by atoms with Crippen molar-refractivity contribution < 1.29 is 12.8 Å². The Morgan fingerprint density at radius 3 is 2.62 bits per heavy atom. The van der Waals surface area contributed by atoms with Crippen LogP contribution in [0.15, 0.2) is 21.6 Å². The smallest absolute Gasteiger partial charge is 0.274 e. The summed E-state index contributed by atoms with van der Waals surface area (Å²) >= 11 is 0. The molecule has 1 aromatic heterocycles. The van der Waals surface area contributed by atoms with E-state index in [4.69, 9.17) is 4.42 Å². The van der Waals surface area contributed by atoms with Crippen LogP contribution in [-0.2, 0) is 16.6 Å². The highest BCUT2D eigenvalue weighted by Crippen LogP contribution is 2.13. The molecular formula is C14H27N3O3S. The minimum Gasteiger partial charge on any atom is -0.447 e. The summed E-state index contributed by atoms with van der Waals surface area (Å²) in [5, 5.41) is 3.15. The van der Waals surface area contributed by atoms with E-state index in [1.54, 1.807) is 6.07 Å². The third-order valence-corrected chi connectivity index (χ3v) is 4.60. The molecule has 0 aromatic carbocycles. The molecule has 0 aliphatic heterocycles. The predicted molar refractivity (Wildman–Crippen MR) is 83.7 cm³/mol. The molecule has 21 heavy (non-hydrogen) atoms. The Labute approximate surface area is 127 Å². The molecule has 0 aliphatic carbocycles. The van der Waals surface area contributed by atoms with Gasteiger partial charge in [0.1, 0.15) is 5.76 Å². The maximum absolute atomic E-state index is 12.1. The summed E-state index contributed by atoms with van der Waals surface area (Å²) in [5.74, 6) is 0.628. The van der Waals surface area contributed by atoms with Gasteiger partial charge in [0.25, 0.3) is 10.0 Å². The third-order valence-electron chi connectivity index (χ3n) is 3.27. The van der Waals surface area contributed by atoms with Gasteiger partial charge < -0.3 is 14.6 Å². The second kappa shape index (κ2) is 8.53. The molecule has 0 atom stereocenters. The van der Waals surface area contributed by atoms with Crippen molar-refractivity contribution in [1.82, 2.24) is 14.9 Å². The number of sulfonamides is 1. The van der Waals surface area contributed by atoms with Crippen LogP contribution >= 0.6 is 0 Å². The van der Waals surface area contributed by atoms with E-state index in [9.17, 15) is 8.42 Å². The molecule has 0 bridgehead atoms. The van der Waals surface area contributed by atoms with Crippen molar-refractivity contribution in [2.24, 2.45) is 0 Å². The monoisotopic (exact) mass is 317 g/mol. The summed E-state index contributed by atoms with van der Waals surface area (Å²) in [5.41, 5.74) is 0. The first-order valence-electron chi connectivity index (χ1n) is 7.36. The summed E-state index contributed by atoms with van der Waals surface area (Å²) in [6, 6.07) is 3.57. The summed E-state index contributed by atoms with van der Waals surface area (Å²) in [7, 11) is -1.60. The first-order valence-corrected chi connectivity index (χ1v) is 8.84. The first kappa shape index (κ1) is 18.2. The zero-order chi connectivity index (χ0) is 15.9. The van der Waals surface area contributed by atoms with E-state index in [-0.39, 0.29) is 5.09 Å². The van der Waals surface area contributed by atoms with E-state index < -0.39 is 10.0 Å². The highest BCUT2D eigenvalue weighted by atomic mass is 32.2. The summed E-state index contributed by atoms with van der Waals surface area (Å²) < 4.78 is 32.1. The lowest BCUT2D eigenvalue weighted by Crippen LogP contribution is -2.36. The van der Waals surface area contributed by atoms with Crippen molar-refractivity contribution in [3.8, 4) is 0 Å². The maximum Gasteiger partial charge on any atom is 0.274 e. The molecule has 0 saturated heterocycles. The van der Waals surface area contributed by atoms with Crippen LogP contribution in [0.3, 0.4) is 0 Å². The fraction of sp³-hybridized carbons (Fsp3) is 0.714. The van der Waals surface area contributed by atoms with E-state index in [0.29, 0.717) is 31.4 Å². The van der Waals surface area contributed by atoms with Crippen LogP contribution in [0.5, 0.6) is 0 Å². The van der Waals surface area contributed by atoms with Gasteiger partial charge in [-0.1, -0.05) is 6.92 Å². The first-order chi connectivity index (χ1) is 9.86. The lowest BCUT2D eigenvalue weighted by Gasteiger charge is -2.20. The molecule has 0 aliphatic rings. The number of hydrogen-bond donors (Lipinski definition) is 2.